The molecule has 3 rings (SSSR count). The van der Waals surface area contributed by atoms with Crippen LogP contribution in [0.25, 0.3) is 0 Å². The lowest BCUT2D eigenvalue weighted by atomic mass is 10.2. The van der Waals surface area contributed by atoms with Crippen molar-refractivity contribution >= 4 is 23.2 Å². The summed E-state index contributed by atoms with van der Waals surface area (Å²) in [6.45, 7) is 5.58. The molecule has 0 aromatic heterocycles. The SMILES string of the molecule is CCN(Cc1ccccc1)C(=O)C(=O)Nc1ccccc1N1CCOCC1. The minimum absolute atomic E-state index is 0.411. The average Bonchev–Trinajstić information content (AvgIpc) is 2.73. The number of ether oxygens (including phenoxy) is 1. The van der Waals surface area contributed by atoms with E-state index in [9.17, 15) is 9.59 Å². The van der Waals surface area contributed by atoms with E-state index in [-0.39, 0.29) is 0 Å². The number of carbonyl (C=O) groups excluding carboxylic acids is 2. The summed E-state index contributed by atoms with van der Waals surface area (Å²) in [5.41, 5.74) is 2.55. The first kappa shape index (κ1) is 18.9. The number of carbonyl (C=O) groups is 2. The van der Waals surface area contributed by atoms with Gasteiger partial charge in [0.05, 0.1) is 24.6 Å². The van der Waals surface area contributed by atoms with E-state index < -0.39 is 11.8 Å². The van der Waals surface area contributed by atoms with Gasteiger partial charge in [-0.05, 0) is 24.6 Å². The zero-order chi connectivity index (χ0) is 19.1. The number of anilines is 2. The summed E-state index contributed by atoms with van der Waals surface area (Å²) in [6, 6.07) is 17.2. The summed E-state index contributed by atoms with van der Waals surface area (Å²) in [6.07, 6.45) is 0. The molecule has 1 saturated heterocycles. The van der Waals surface area contributed by atoms with Gasteiger partial charge >= 0.3 is 11.8 Å². The van der Waals surface area contributed by atoms with Crippen molar-refractivity contribution in [2.75, 3.05) is 43.1 Å². The molecule has 1 N–H and O–H groups in total. The topological polar surface area (TPSA) is 61.9 Å². The van der Waals surface area contributed by atoms with Crippen LogP contribution >= 0.6 is 0 Å². The Morgan fingerprint density at radius 3 is 2.41 bits per heavy atom. The highest BCUT2D eigenvalue weighted by molar-refractivity contribution is 6.39. The summed E-state index contributed by atoms with van der Waals surface area (Å²) in [4.78, 5) is 28.9. The monoisotopic (exact) mass is 367 g/mol. The van der Waals surface area contributed by atoms with Crippen LogP contribution < -0.4 is 10.2 Å². The second-order valence-electron chi connectivity index (χ2n) is 6.38. The highest BCUT2D eigenvalue weighted by Gasteiger charge is 2.23. The maximum Gasteiger partial charge on any atom is 0.313 e. The molecule has 0 spiro atoms. The molecule has 0 aliphatic carbocycles. The Hall–Kier alpha value is -2.86. The van der Waals surface area contributed by atoms with Crippen LogP contribution in [0, 0.1) is 0 Å². The van der Waals surface area contributed by atoms with Gasteiger partial charge in [0.15, 0.2) is 0 Å². The van der Waals surface area contributed by atoms with Gasteiger partial charge in [0.25, 0.3) is 0 Å². The van der Waals surface area contributed by atoms with Gasteiger partial charge in [0.1, 0.15) is 0 Å². The zero-order valence-electron chi connectivity index (χ0n) is 15.6. The maximum atomic E-state index is 12.7. The van der Waals surface area contributed by atoms with E-state index in [1.54, 1.807) is 4.90 Å². The lowest BCUT2D eigenvalue weighted by molar-refractivity contribution is -0.143. The molecular weight excluding hydrogens is 342 g/mol. The fraction of sp³-hybridized carbons (Fsp3) is 0.333. The van der Waals surface area contributed by atoms with Crippen molar-refractivity contribution in [3.05, 3.63) is 60.2 Å². The van der Waals surface area contributed by atoms with Gasteiger partial charge in [-0.2, -0.15) is 0 Å². The van der Waals surface area contributed by atoms with Crippen LogP contribution in [-0.4, -0.2) is 49.6 Å². The third-order valence-corrected chi connectivity index (χ3v) is 4.58. The van der Waals surface area contributed by atoms with E-state index in [0.29, 0.717) is 32.0 Å². The molecule has 0 radical (unpaired) electrons. The summed E-state index contributed by atoms with van der Waals surface area (Å²) in [7, 11) is 0. The zero-order valence-corrected chi connectivity index (χ0v) is 15.6. The number of likely N-dealkylation sites (N-methyl/N-ethyl adjacent to an activating group) is 1. The predicted octanol–water partition coefficient (Wildman–Crippen LogP) is 2.51. The fourth-order valence-corrected chi connectivity index (χ4v) is 3.11. The first-order valence-corrected chi connectivity index (χ1v) is 9.25. The first-order chi connectivity index (χ1) is 13.2. The van der Waals surface area contributed by atoms with Crippen LogP contribution in [0.3, 0.4) is 0 Å². The van der Waals surface area contributed by atoms with E-state index in [4.69, 9.17) is 4.74 Å². The highest BCUT2D eigenvalue weighted by Crippen LogP contribution is 2.26. The Morgan fingerprint density at radius 1 is 1.04 bits per heavy atom. The molecule has 0 bridgehead atoms. The first-order valence-electron chi connectivity index (χ1n) is 9.25. The molecule has 0 atom stereocenters. The molecule has 2 aromatic rings. The standard InChI is InChI=1S/C21H25N3O3/c1-2-23(16-17-8-4-3-5-9-17)21(26)20(25)22-18-10-6-7-11-19(18)24-12-14-27-15-13-24/h3-11H,2,12-16H2,1H3,(H,22,25). The Labute approximate surface area is 159 Å². The molecule has 2 amide bonds. The van der Waals surface area contributed by atoms with Crippen LogP contribution in [0.5, 0.6) is 0 Å². The molecule has 27 heavy (non-hydrogen) atoms. The summed E-state index contributed by atoms with van der Waals surface area (Å²) >= 11 is 0. The molecule has 6 heteroatoms. The number of morpholine rings is 1. The number of amides is 2. The van der Waals surface area contributed by atoms with Crippen molar-refractivity contribution in [2.24, 2.45) is 0 Å². The number of para-hydroxylation sites is 2. The molecule has 0 unspecified atom stereocenters. The largest absolute Gasteiger partial charge is 0.378 e. The molecule has 0 saturated carbocycles. The summed E-state index contributed by atoms with van der Waals surface area (Å²) in [5.74, 6) is -1.15. The molecule has 142 valence electrons. The van der Waals surface area contributed by atoms with Gasteiger partial charge in [0, 0.05) is 26.2 Å². The molecular formula is C21H25N3O3. The van der Waals surface area contributed by atoms with Crippen LogP contribution in [0.15, 0.2) is 54.6 Å². The number of benzene rings is 2. The molecule has 1 fully saturated rings. The Balaban J connectivity index is 1.69. The quantitative estimate of drug-likeness (QED) is 0.825. The fourth-order valence-electron chi connectivity index (χ4n) is 3.11. The second kappa shape index (κ2) is 9.19. The lowest BCUT2D eigenvalue weighted by Gasteiger charge is -2.30. The normalized spacial score (nSPS) is 13.9. The minimum atomic E-state index is -0.617. The average molecular weight is 367 g/mol. The smallest absolute Gasteiger partial charge is 0.313 e. The number of nitrogens with zero attached hydrogens (tertiary/aromatic N) is 2. The third kappa shape index (κ3) is 4.86. The predicted molar refractivity (Wildman–Crippen MR) is 106 cm³/mol. The number of hydrogen-bond acceptors (Lipinski definition) is 4. The van der Waals surface area contributed by atoms with Gasteiger partial charge < -0.3 is 19.9 Å². The second-order valence-corrected chi connectivity index (χ2v) is 6.38. The molecule has 1 aliphatic rings. The highest BCUT2D eigenvalue weighted by atomic mass is 16.5. The number of nitrogens with one attached hydrogen (secondary N) is 1. The Kier molecular flexibility index (Phi) is 6.44. The minimum Gasteiger partial charge on any atom is -0.378 e. The van der Waals surface area contributed by atoms with Gasteiger partial charge in [-0.1, -0.05) is 42.5 Å². The van der Waals surface area contributed by atoms with Crippen molar-refractivity contribution in [3.8, 4) is 0 Å². The van der Waals surface area contributed by atoms with E-state index in [1.165, 1.54) is 0 Å². The van der Waals surface area contributed by atoms with Crippen LogP contribution in [0.2, 0.25) is 0 Å². The Morgan fingerprint density at radius 2 is 1.70 bits per heavy atom. The van der Waals surface area contributed by atoms with E-state index in [1.807, 2.05) is 61.5 Å². The van der Waals surface area contributed by atoms with Crippen LogP contribution in [0.4, 0.5) is 11.4 Å². The summed E-state index contributed by atoms with van der Waals surface area (Å²) in [5, 5.41) is 2.80. The van der Waals surface area contributed by atoms with E-state index in [2.05, 4.69) is 10.2 Å². The molecule has 1 heterocycles. The van der Waals surface area contributed by atoms with Gasteiger partial charge in [-0.3, -0.25) is 9.59 Å². The third-order valence-electron chi connectivity index (χ3n) is 4.58. The van der Waals surface area contributed by atoms with Crippen LogP contribution in [-0.2, 0) is 20.9 Å². The van der Waals surface area contributed by atoms with Crippen LogP contribution in [0.1, 0.15) is 12.5 Å². The maximum absolute atomic E-state index is 12.7. The van der Waals surface area contributed by atoms with Gasteiger partial charge in [-0.25, -0.2) is 0 Å². The van der Waals surface area contributed by atoms with E-state index >= 15 is 0 Å². The Bertz CT molecular complexity index is 773. The molecule has 6 nitrogen and oxygen atoms in total. The molecule has 1 aliphatic heterocycles. The van der Waals surface area contributed by atoms with Gasteiger partial charge in [0.2, 0.25) is 0 Å². The lowest BCUT2D eigenvalue weighted by Crippen LogP contribution is -2.40. The van der Waals surface area contributed by atoms with Crippen molar-refractivity contribution in [1.29, 1.82) is 0 Å². The number of hydrogen-bond donors (Lipinski definition) is 1. The number of rotatable bonds is 5. The molecule has 2 aromatic carbocycles. The van der Waals surface area contributed by atoms with Gasteiger partial charge in [-0.15, -0.1) is 0 Å². The van der Waals surface area contributed by atoms with Crippen molar-refractivity contribution < 1.29 is 14.3 Å². The van der Waals surface area contributed by atoms with Crippen molar-refractivity contribution in [3.63, 3.8) is 0 Å². The van der Waals surface area contributed by atoms with E-state index in [0.717, 1.165) is 24.3 Å². The van der Waals surface area contributed by atoms with Crippen molar-refractivity contribution in [1.82, 2.24) is 4.90 Å². The van der Waals surface area contributed by atoms with Crippen molar-refractivity contribution in [2.45, 2.75) is 13.5 Å². The summed E-state index contributed by atoms with van der Waals surface area (Å²) < 4.78 is 5.39.